The zero-order valence-corrected chi connectivity index (χ0v) is 31.3. The van der Waals surface area contributed by atoms with Crippen LogP contribution < -0.4 is 5.32 Å². The number of aliphatic imine (C=N–C) groups is 1. The Morgan fingerprint density at radius 3 is 2.49 bits per heavy atom. The van der Waals surface area contributed by atoms with E-state index in [0.717, 1.165) is 12.2 Å². The Bertz CT molecular complexity index is 1250. The number of carbonyl (C=O) groups excluding carboxylic acids is 2. The molecule has 0 bridgehead atoms. The van der Waals surface area contributed by atoms with Crippen LogP contribution in [0.5, 0.6) is 0 Å². The molecule has 3 N–H and O–H groups in total. The van der Waals surface area contributed by atoms with Crippen molar-refractivity contribution in [1.82, 2.24) is 10.2 Å². The third kappa shape index (κ3) is 8.51. The number of alkyl halides is 1. The van der Waals surface area contributed by atoms with Gasteiger partial charge in [-0.05, 0) is 65.0 Å². The topological polar surface area (TPSA) is 152 Å². The number of nitrogens with zero attached hydrogens (tertiary/aromatic N) is 2. The maximum atomic E-state index is 13.5. The van der Waals surface area contributed by atoms with Crippen molar-refractivity contribution in [3.63, 3.8) is 0 Å². The lowest BCUT2D eigenvalue weighted by atomic mass is 9.78. The van der Waals surface area contributed by atoms with Crippen LogP contribution in [0.4, 0.5) is 0 Å². The smallest absolute Gasteiger partial charge is 0.288 e. The molecule has 4 rings (SSSR count). The fourth-order valence-electron chi connectivity index (χ4n) is 7.26. The molecular formula is C34H54IN3O9. The van der Waals surface area contributed by atoms with E-state index in [1.165, 1.54) is 6.92 Å². The Labute approximate surface area is 292 Å². The largest absolute Gasteiger partial charge is 0.467 e. The number of hydrogen-bond acceptors (Lipinski definition) is 10. The van der Waals surface area contributed by atoms with Gasteiger partial charge in [0.2, 0.25) is 5.91 Å². The highest BCUT2D eigenvalue weighted by atomic mass is 127. The Morgan fingerprint density at radius 1 is 1.15 bits per heavy atom. The maximum absolute atomic E-state index is 13.5. The molecule has 0 radical (unpaired) electrons. The number of furan rings is 1. The third-order valence-corrected chi connectivity index (χ3v) is 12.0. The molecule has 13 atom stereocenters. The number of rotatable bonds is 5. The molecule has 1 amide bonds. The second-order valence-corrected chi connectivity index (χ2v) is 15.9. The molecule has 12 nitrogen and oxygen atoms in total. The van der Waals surface area contributed by atoms with Gasteiger partial charge in [-0.25, -0.2) is 4.99 Å². The van der Waals surface area contributed by atoms with Crippen molar-refractivity contribution < 1.29 is 43.2 Å². The van der Waals surface area contributed by atoms with Crippen molar-refractivity contribution in [2.75, 3.05) is 14.2 Å². The van der Waals surface area contributed by atoms with Crippen LogP contribution in [0, 0.1) is 17.8 Å². The minimum Gasteiger partial charge on any atom is -0.467 e. The summed E-state index contributed by atoms with van der Waals surface area (Å²) in [7, 11) is 3.56. The lowest BCUT2D eigenvalue weighted by Gasteiger charge is -2.45. The molecule has 3 aliphatic heterocycles. The van der Waals surface area contributed by atoms with Gasteiger partial charge in [0.1, 0.15) is 29.8 Å². The summed E-state index contributed by atoms with van der Waals surface area (Å²) < 4.78 is 30.8. The molecule has 3 fully saturated rings. The predicted octanol–water partition coefficient (Wildman–Crippen LogP) is 3.84. The monoisotopic (exact) mass is 775 g/mol. The quantitative estimate of drug-likeness (QED) is 0.297. The molecule has 266 valence electrons. The average Bonchev–Trinajstić information content (AvgIpc) is 3.65. The Kier molecular flexibility index (Phi) is 12.5. The van der Waals surface area contributed by atoms with Crippen molar-refractivity contribution >= 4 is 40.3 Å². The van der Waals surface area contributed by atoms with E-state index in [4.69, 9.17) is 23.4 Å². The van der Waals surface area contributed by atoms with Crippen molar-refractivity contribution in [2.45, 2.75) is 139 Å². The molecule has 1 unspecified atom stereocenters. The number of fused-ring (bicyclic) bond motifs is 1. The number of carbonyl (C=O) groups is 2. The lowest BCUT2D eigenvalue weighted by molar-refractivity contribution is -0.286. The molecule has 1 aromatic heterocycles. The zero-order valence-electron chi connectivity index (χ0n) is 29.1. The first-order chi connectivity index (χ1) is 22.0. The summed E-state index contributed by atoms with van der Waals surface area (Å²) in [6, 6.07) is 3.37. The molecular weight excluding hydrogens is 721 g/mol. The van der Waals surface area contributed by atoms with Gasteiger partial charge in [-0.2, -0.15) is 0 Å². The first kappa shape index (κ1) is 38.0. The number of likely N-dealkylation sites (N-methyl/N-ethyl adjacent to an activating group) is 1. The number of ether oxygens (including phenoxy) is 4. The summed E-state index contributed by atoms with van der Waals surface area (Å²) in [5, 5.41) is 25.2. The molecule has 0 aliphatic carbocycles. The average molecular weight is 776 g/mol. The fraction of sp³-hybridized carbons (Fsp3) is 0.794. The SMILES string of the molecule is CO[C@]1(C)C[C@@H](C)C(=O)N[C@H](C)[C@@H](O)[C@](C)(O)[C@@H](I)CC(=O)[C@H](C)C[C@H](C)[C@H]1O[C@@H]1O[C@H](C)CC2[C@H]1OC(=NCc1ccco1)N2C. The van der Waals surface area contributed by atoms with Gasteiger partial charge in [-0.3, -0.25) is 9.59 Å². The fourth-order valence-corrected chi connectivity index (χ4v) is 8.06. The van der Waals surface area contributed by atoms with Crippen molar-refractivity contribution in [3.8, 4) is 0 Å². The van der Waals surface area contributed by atoms with E-state index in [2.05, 4.69) is 10.3 Å². The van der Waals surface area contributed by atoms with Gasteiger partial charge < -0.3 is 43.8 Å². The lowest BCUT2D eigenvalue weighted by Crippen LogP contribution is -2.58. The number of ketones is 1. The molecule has 0 spiro atoms. The Balaban J connectivity index is 1.65. The molecule has 13 heteroatoms. The van der Waals surface area contributed by atoms with E-state index in [9.17, 15) is 19.8 Å². The van der Waals surface area contributed by atoms with Crippen LogP contribution in [0.15, 0.2) is 27.8 Å². The molecule has 0 saturated carbocycles. The maximum Gasteiger partial charge on any atom is 0.288 e. The van der Waals surface area contributed by atoms with E-state index < -0.39 is 51.7 Å². The summed E-state index contributed by atoms with van der Waals surface area (Å²) in [5.74, 6) is -0.692. The van der Waals surface area contributed by atoms with Gasteiger partial charge in [0.25, 0.3) is 6.02 Å². The normalized spacial score (nSPS) is 43.5. The van der Waals surface area contributed by atoms with Crippen LogP contribution in [0.3, 0.4) is 0 Å². The van der Waals surface area contributed by atoms with E-state index in [1.807, 2.05) is 81.3 Å². The third-order valence-electron chi connectivity index (χ3n) is 10.3. The van der Waals surface area contributed by atoms with Crippen molar-refractivity contribution in [1.29, 1.82) is 0 Å². The number of methoxy groups -OCH3 is 1. The van der Waals surface area contributed by atoms with Gasteiger partial charge >= 0.3 is 0 Å². The molecule has 47 heavy (non-hydrogen) atoms. The molecule has 3 saturated heterocycles. The summed E-state index contributed by atoms with van der Waals surface area (Å²) in [5.41, 5.74) is -2.58. The number of nitrogens with one attached hydrogen (secondary N) is 1. The van der Waals surface area contributed by atoms with Crippen LogP contribution in [-0.2, 0) is 35.1 Å². The van der Waals surface area contributed by atoms with Crippen LogP contribution in [-0.4, -0.2) is 105 Å². The molecule has 4 heterocycles. The number of aliphatic hydroxyl groups is 2. The first-order valence-corrected chi connectivity index (χ1v) is 17.9. The number of amides is 1. The number of aliphatic hydroxyl groups excluding tert-OH is 1. The van der Waals surface area contributed by atoms with Gasteiger partial charge in [0.05, 0.1) is 36.2 Å². The van der Waals surface area contributed by atoms with Crippen LogP contribution >= 0.6 is 22.6 Å². The van der Waals surface area contributed by atoms with Gasteiger partial charge in [-0.1, -0.05) is 43.4 Å². The van der Waals surface area contributed by atoms with Crippen LogP contribution in [0.1, 0.15) is 79.9 Å². The second kappa shape index (κ2) is 15.4. The standard InChI is InChI=1S/C34H54IN3O9/c1-18-13-19(2)29(47-31-27-24(14-21(4)45-31)38(8)32(46-27)36-17-23-11-10-12-44-23)33(6,43-9)16-20(3)30(41)37-22(5)28(40)34(7,42)26(35)15-25(18)39/h10-12,18-22,24,26-29,31,40,42H,13-17H2,1-9H3,(H,37,41)/t18-,19+,20-,21-,22-,24?,26+,27-,28-,29-,31+,33-,34-/m1/s1. The van der Waals surface area contributed by atoms with Gasteiger partial charge in [0, 0.05) is 36.3 Å². The summed E-state index contributed by atoms with van der Waals surface area (Å²) in [6.45, 7) is 13.2. The highest BCUT2D eigenvalue weighted by molar-refractivity contribution is 14.1. The molecule has 0 aromatic carbocycles. The summed E-state index contributed by atoms with van der Waals surface area (Å²) in [6.07, 6.45) is -0.101. The van der Waals surface area contributed by atoms with Gasteiger partial charge in [0.15, 0.2) is 12.4 Å². The number of halogens is 1. The van der Waals surface area contributed by atoms with E-state index >= 15 is 0 Å². The number of hydrogen-bond donors (Lipinski definition) is 3. The summed E-state index contributed by atoms with van der Waals surface area (Å²) >= 11 is 2.03. The molecule has 3 aliphatic rings. The van der Waals surface area contributed by atoms with Crippen LogP contribution in [0.2, 0.25) is 0 Å². The van der Waals surface area contributed by atoms with E-state index in [0.29, 0.717) is 19.0 Å². The van der Waals surface area contributed by atoms with E-state index in [-0.39, 0.29) is 48.5 Å². The minimum absolute atomic E-state index is 0.0257. The highest BCUT2D eigenvalue weighted by Gasteiger charge is 2.52. The predicted molar refractivity (Wildman–Crippen MR) is 184 cm³/mol. The first-order valence-electron chi connectivity index (χ1n) is 16.7. The minimum atomic E-state index is -1.61. The van der Waals surface area contributed by atoms with Crippen LogP contribution in [0.25, 0.3) is 0 Å². The Morgan fingerprint density at radius 2 is 1.85 bits per heavy atom. The van der Waals surface area contributed by atoms with Crippen molar-refractivity contribution in [3.05, 3.63) is 24.2 Å². The van der Waals surface area contributed by atoms with E-state index in [1.54, 1.807) is 20.3 Å². The Hall–Kier alpha value is -1.78. The van der Waals surface area contributed by atoms with Gasteiger partial charge in [-0.15, -0.1) is 0 Å². The number of Topliss-reactive ketones (excluding diaryl/α,β-unsaturated/α-hetero) is 1. The second-order valence-electron chi connectivity index (χ2n) is 14.4. The summed E-state index contributed by atoms with van der Waals surface area (Å²) in [4.78, 5) is 33.7. The number of amidine groups is 1. The highest BCUT2D eigenvalue weighted by Crippen LogP contribution is 2.40. The van der Waals surface area contributed by atoms with Crippen molar-refractivity contribution in [2.24, 2.45) is 22.7 Å². The zero-order chi connectivity index (χ0) is 34.8. The molecule has 1 aromatic rings.